The van der Waals surface area contributed by atoms with Crippen LogP contribution < -0.4 is 0 Å². The van der Waals surface area contributed by atoms with E-state index in [4.69, 9.17) is 4.74 Å². The van der Waals surface area contributed by atoms with Gasteiger partial charge in [-0.2, -0.15) is 0 Å². The van der Waals surface area contributed by atoms with Crippen molar-refractivity contribution in [2.45, 2.75) is 44.2 Å². The minimum absolute atomic E-state index is 0.141. The van der Waals surface area contributed by atoms with Gasteiger partial charge >= 0.3 is 0 Å². The van der Waals surface area contributed by atoms with Crippen molar-refractivity contribution < 1.29 is 20.1 Å². The molecule has 3 aliphatic rings. The Morgan fingerprint density at radius 2 is 2.11 bits per heavy atom. The van der Waals surface area contributed by atoms with Crippen LogP contribution in [0.1, 0.15) is 26.7 Å². The average Bonchev–Trinajstić information content (AvgIpc) is 2.57. The lowest BCUT2D eigenvalue weighted by atomic mass is 9.57. The Kier molecular flexibility index (Phi) is 2.74. The fourth-order valence-corrected chi connectivity index (χ4v) is 4.13. The zero-order valence-electron chi connectivity index (χ0n) is 11.5. The molecular weight excluding hydrogens is 244 g/mol. The van der Waals surface area contributed by atoms with Gasteiger partial charge in [0.15, 0.2) is 5.79 Å². The number of aliphatic hydroxyl groups excluding tert-OH is 1. The van der Waals surface area contributed by atoms with Gasteiger partial charge in [-0.15, -0.1) is 0 Å². The van der Waals surface area contributed by atoms with E-state index in [-0.39, 0.29) is 24.4 Å². The van der Waals surface area contributed by atoms with Crippen molar-refractivity contribution in [1.29, 1.82) is 0 Å². The highest BCUT2D eigenvalue weighted by atomic mass is 16.6. The van der Waals surface area contributed by atoms with Crippen molar-refractivity contribution in [1.82, 2.24) is 0 Å². The lowest BCUT2D eigenvalue weighted by molar-refractivity contribution is -0.294. The van der Waals surface area contributed by atoms with E-state index in [1.165, 1.54) is 0 Å². The molecule has 0 bridgehead atoms. The predicted octanol–water partition coefficient (Wildman–Crippen LogP) is 0.976. The van der Waals surface area contributed by atoms with E-state index in [2.05, 4.69) is 6.58 Å². The smallest absolute Gasteiger partial charge is 0.200 e. The summed E-state index contributed by atoms with van der Waals surface area (Å²) in [6, 6.07) is 0. The molecule has 2 aliphatic carbocycles. The summed E-state index contributed by atoms with van der Waals surface area (Å²) >= 11 is 0. The molecule has 4 nitrogen and oxygen atoms in total. The van der Waals surface area contributed by atoms with Crippen molar-refractivity contribution >= 4 is 0 Å². The van der Waals surface area contributed by atoms with Gasteiger partial charge in [0, 0.05) is 12.3 Å². The Morgan fingerprint density at radius 1 is 1.42 bits per heavy atom. The Morgan fingerprint density at radius 3 is 2.79 bits per heavy atom. The summed E-state index contributed by atoms with van der Waals surface area (Å²) in [5.74, 6) is -1.45. The van der Waals surface area contributed by atoms with E-state index >= 15 is 0 Å². The van der Waals surface area contributed by atoms with E-state index in [1.54, 1.807) is 0 Å². The van der Waals surface area contributed by atoms with Crippen LogP contribution in [0.15, 0.2) is 23.8 Å². The molecule has 0 amide bonds. The van der Waals surface area contributed by atoms with Crippen LogP contribution in [0.25, 0.3) is 0 Å². The molecule has 1 aliphatic heterocycles. The zero-order chi connectivity index (χ0) is 14.0. The molecule has 106 valence electrons. The fraction of sp³-hybridized carbons (Fsp3) is 0.733. The molecule has 1 saturated heterocycles. The van der Waals surface area contributed by atoms with Gasteiger partial charge in [-0.1, -0.05) is 19.6 Å². The number of aliphatic hydroxyl groups is 3. The summed E-state index contributed by atoms with van der Waals surface area (Å²) < 4.78 is 5.46. The largest absolute Gasteiger partial charge is 0.389 e. The highest BCUT2D eigenvalue weighted by Gasteiger charge is 2.66. The Bertz CT molecular complexity index is 457. The topological polar surface area (TPSA) is 69.9 Å². The summed E-state index contributed by atoms with van der Waals surface area (Å²) in [6.45, 7) is 7.99. The first-order valence-electron chi connectivity index (χ1n) is 6.93. The second kappa shape index (κ2) is 3.92. The molecular formula is C15H22O4. The lowest BCUT2D eigenvalue weighted by Gasteiger charge is -2.53. The molecule has 3 N–H and O–H groups in total. The van der Waals surface area contributed by atoms with E-state index < -0.39 is 17.5 Å². The molecule has 1 heterocycles. The molecule has 3 rings (SSSR count). The molecule has 0 aromatic carbocycles. The van der Waals surface area contributed by atoms with Crippen molar-refractivity contribution in [2.24, 2.45) is 17.8 Å². The quantitative estimate of drug-likeness (QED) is 0.572. The van der Waals surface area contributed by atoms with Crippen LogP contribution in [0.3, 0.4) is 0 Å². The van der Waals surface area contributed by atoms with Gasteiger partial charge in [-0.25, -0.2) is 0 Å². The van der Waals surface area contributed by atoms with Crippen molar-refractivity contribution in [3.8, 4) is 0 Å². The maximum atomic E-state index is 11.1. The number of fused-ring (bicyclic) bond motifs is 3. The summed E-state index contributed by atoms with van der Waals surface area (Å²) in [5.41, 5.74) is -0.0332. The summed E-state index contributed by atoms with van der Waals surface area (Å²) in [6.07, 6.45) is 2.46. The third-order valence-corrected chi connectivity index (χ3v) is 5.36. The maximum Gasteiger partial charge on any atom is 0.200 e. The third kappa shape index (κ3) is 1.54. The van der Waals surface area contributed by atoms with Gasteiger partial charge in [0.05, 0.1) is 12.7 Å². The molecule has 1 saturated carbocycles. The lowest BCUT2D eigenvalue weighted by Crippen LogP contribution is -2.64. The third-order valence-electron chi connectivity index (χ3n) is 5.36. The first-order chi connectivity index (χ1) is 8.79. The molecule has 19 heavy (non-hydrogen) atoms. The molecule has 0 spiro atoms. The van der Waals surface area contributed by atoms with E-state index in [1.807, 2.05) is 19.9 Å². The van der Waals surface area contributed by atoms with Crippen LogP contribution in [0.2, 0.25) is 0 Å². The zero-order valence-corrected chi connectivity index (χ0v) is 11.5. The number of ether oxygens (including phenoxy) is 1. The maximum absolute atomic E-state index is 11.1. The summed E-state index contributed by atoms with van der Waals surface area (Å²) in [4.78, 5) is 0. The van der Waals surface area contributed by atoms with Crippen LogP contribution in [-0.4, -0.2) is 39.4 Å². The first kappa shape index (κ1) is 13.3. The monoisotopic (exact) mass is 266 g/mol. The SMILES string of the molecule is C=C1CO[C@@]2(O)C[C@@H](C)[C@@H]3C[C@@H](O)C(C)=C[C@H]3[C@@]12O. The number of hydrogen-bond acceptors (Lipinski definition) is 4. The Hall–Kier alpha value is -0.680. The van der Waals surface area contributed by atoms with Crippen LogP contribution in [0.5, 0.6) is 0 Å². The standard InChI is InChI=1S/C15H22O4/c1-8-4-12-11(5-13(8)16)9(2)6-14(17)15(12,18)10(3)7-19-14/h4,9,11-13,16-18H,3,5-7H2,1-2H3/t9-,11+,12-,13-,14+,15+/m1/s1. The van der Waals surface area contributed by atoms with Crippen LogP contribution >= 0.6 is 0 Å². The Balaban J connectivity index is 2.11. The minimum atomic E-state index is -1.54. The van der Waals surface area contributed by atoms with Gasteiger partial charge in [0.1, 0.15) is 5.60 Å². The summed E-state index contributed by atoms with van der Waals surface area (Å²) in [7, 11) is 0. The van der Waals surface area contributed by atoms with Crippen LogP contribution in [0, 0.1) is 17.8 Å². The number of rotatable bonds is 0. The predicted molar refractivity (Wildman–Crippen MR) is 70.1 cm³/mol. The molecule has 0 aromatic heterocycles. The number of hydrogen-bond donors (Lipinski definition) is 3. The van der Waals surface area contributed by atoms with Gasteiger partial charge in [0.2, 0.25) is 0 Å². The molecule has 2 fully saturated rings. The average molecular weight is 266 g/mol. The van der Waals surface area contributed by atoms with Crippen molar-refractivity contribution in [3.63, 3.8) is 0 Å². The van der Waals surface area contributed by atoms with Gasteiger partial charge in [-0.3, -0.25) is 0 Å². The molecule has 0 radical (unpaired) electrons. The molecule has 0 aromatic rings. The highest BCUT2D eigenvalue weighted by Crippen LogP contribution is 2.57. The molecule has 6 atom stereocenters. The fourth-order valence-electron chi connectivity index (χ4n) is 4.13. The van der Waals surface area contributed by atoms with Crippen molar-refractivity contribution in [3.05, 3.63) is 23.8 Å². The second-order valence-electron chi connectivity index (χ2n) is 6.48. The van der Waals surface area contributed by atoms with Gasteiger partial charge in [0.25, 0.3) is 0 Å². The first-order valence-corrected chi connectivity index (χ1v) is 6.93. The van der Waals surface area contributed by atoms with E-state index in [0.29, 0.717) is 18.4 Å². The molecule has 4 heteroatoms. The van der Waals surface area contributed by atoms with Crippen molar-refractivity contribution in [2.75, 3.05) is 6.61 Å². The minimum Gasteiger partial charge on any atom is -0.389 e. The van der Waals surface area contributed by atoms with Crippen LogP contribution in [0.4, 0.5) is 0 Å². The van der Waals surface area contributed by atoms with E-state index in [0.717, 1.165) is 5.57 Å². The van der Waals surface area contributed by atoms with Gasteiger partial charge in [-0.05, 0) is 36.3 Å². The van der Waals surface area contributed by atoms with E-state index in [9.17, 15) is 15.3 Å². The second-order valence-corrected chi connectivity index (χ2v) is 6.48. The van der Waals surface area contributed by atoms with Crippen LogP contribution in [-0.2, 0) is 4.74 Å². The summed E-state index contributed by atoms with van der Waals surface area (Å²) in [5, 5.41) is 31.8. The normalized spacial score (nSPS) is 53.5. The molecule has 0 unspecified atom stereocenters. The Labute approximate surface area is 113 Å². The highest BCUT2D eigenvalue weighted by molar-refractivity contribution is 5.33. The van der Waals surface area contributed by atoms with Gasteiger partial charge < -0.3 is 20.1 Å².